The zero-order valence-electron chi connectivity index (χ0n) is 21.1. The van der Waals surface area contributed by atoms with Crippen molar-refractivity contribution in [3.8, 4) is 0 Å². The predicted octanol–water partition coefficient (Wildman–Crippen LogP) is 7.84. The molecule has 2 aliphatic carbocycles. The summed E-state index contributed by atoms with van der Waals surface area (Å²) in [5.41, 5.74) is 1.09. The minimum Gasteiger partial charge on any atom is -0.293 e. The third kappa shape index (κ3) is 7.16. The van der Waals surface area contributed by atoms with E-state index in [9.17, 15) is 4.57 Å². The van der Waals surface area contributed by atoms with Crippen molar-refractivity contribution >= 4 is 7.75 Å². The second-order valence-electron chi connectivity index (χ2n) is 11.3. The van der Waals surface area contributed by atoms with Gasteiger partial charge in [0.1, 0.15) is 0 Å². The lowest BCUT2D eigenvalue weighted by Gasteiger charge is -2.41. The van der Waals surface area contributed by atoms with Crippen LogP contribution in [0.4, 0.5) is 0 Å². The van der Waals surface area contributed by atoms with Crippen LogP contribution in [0.25, 0.3) is 0 Å². The van der Waals surface area contributed by atoms with Crippen LogP contribution in [0, 0.1) is 35.5 Å². The van der Waals surface area contributed by atoms with E-state index in [1.807, 2.05) is 18.2 Å². The molecule has 182 valence electrons. The molecule has 5 heteroatoms. The van der Waals surface area contributed by atoms with Crippen LogP contribution in [0.3, 0.4) is 0 Å². The maximum absolute atomic E-state index is 14.3. The smallest absolute Gasteiger partial charge is 0.293 e. The van der Waals surface area contributed by atoms with Crippen molar-refractivity contribution in [2.45, 2.75) is 98.8 Å². The molecule has 32 heavy (non-hydrogen) atoms. The van der Waals surface area contributed by atoms with E-state index in [1.54, 1.807) is 0 Å². The third-order valence-corrected chi connectivity index (χ3v) is 9.43. The first-order chi connectivity index (χ1) is 15.2. The van der Waals surface area contributed by atoms with Crippen LogP contribution < -0.4 is 5.09 Å². The van der Waals surface area contributed by atoms with E-state index in [-0.39, 0.29) is 12.2 Å². The molecule has 1 N–H and O–H groups in total. The third-order valence-electron chi connectivity index (χ3n) is 7.79. The molecule has 1 aromatic rings. The number of hydrogen-bond donors (Lipinski definition) is 1. The molecule has 0 spiro atoms. The number of benzene rings is 1. The Kier molecular flexibility index (Phi) is 9.44. The van der Waals surface area contributed by atoms with E-state index >= 15 is 0 Å². The average molecular weight is 464 g/mol. The lowest BCUT2D eigenvalue weighted by atomic mass is 9.75. The van der Waals surface area contributed by atoms with E-state index in [4.69, 9.17) is 9.05 Å². The van der Waals surface area contributed by atoms with Crippen LogP contribution in [0.5, 0.6) is 0 Å². The highest BCUT2D eigenvalue weighted by Gasteiger charge is 2.42. The van der Waals surface area contributed by atoms with Crippen molar-refractivity contribution in [1.82, 2.24) is 5.09 Å². The van der Waals surface area contributed by atoms with Gasteiger partial charge in [-0.2, -0.15) is 0 Å². The first-order valence-corrected chi connectivity index (χ1v) is 14.5. The first kappa shape index (κ1) is 25.9. The van der Waals surface area contributed by atoms with E-state index in [2.05, 4.69) is 58.8 Å². The van der Waals surface area contributed by atoms with Crippen LogP contribution in [0.2, 0.25) is 0 Å². The molecule has 4 nitrogen and oxygen atoms in total. The molecule has 2 saturated carbocycles. The van der Waals surface area contributed by atoms with Crippen LogP contribution in [0.15, 0.2) is 30.3 Å². The standard InChI is InChI=1S/C27H46NO3P/c1-19(2)24-14-12-21(5)16-26(24)30-32(29,28-18-23-10-8-7-9-11-23)31-27-17-22(6)13-15-25(27)20(3)4/h7-11,19-22,24-27H,12-18H2,1-6H3,(H,28,29)/t21-,22-,24-,25+,26-,27-,32?/m1/s1. The molecule has 2 aliphatic rings. The van der Waals surface area contributed by atoms with Gasteiger partial charge in [-0.15, -0.1) is 0 Å². The van der Waals surface area contributed by atoms with Crippen LogP contribution in [-0.2, 0) is 20.2 Å². The quantitative estimate of drug-likeness (QED) is 0.379. The monoisotopic (exact) mass is 463 g/mol. The summed E-state index contributed by atoms with van der Waals surface area (Å²) in [5.74, 6) is 3.05. The molecule has 0 amide bonds. The molecule has 0 heterocycles. The van der Waals surface area contributed by atoms with Gasteiger partial charge in [0.25, 0.3) is 0 Å². The highest BCUT2D eigenvalue weighted by atomic mass is 31.2. The largest absolute Gasteiger partial charge is 0.406 e. The van der Waals surface area contributed by atoms with E-state index in [0.717, 1.165) is 31.2 Å². The highest BCUT2D eigenvalue weighted by Crippen LogP contribution is 2.53. The number of rotatable bonds is 9. The summed E-state index contributed by atoms with van der Waals surface area (Å²) in [7, 11) is -3.48. The van der Waals surface area contributed by atoms with Crippen LogP contribution in [-0.4, -0.2) is 12.2 Å². The minimum absolute atomic E-state index is 0.0219. The minimum atomic E-state index is -3.48. The average Bonchev–Trinajstić information content (AvgIpc) is 2.72. The van der Waals surface area contributed by atoms with Gasteiger partial charge in [-0.3, -0.25) is 9.05 Å². The molecule has 0 aromatic heterocycles. The number of hydrogen-bond acceptors (Lipinski definition) is 3. The Morgan fingerprint density at radius 3 is 1.75 bits per heavy atom. The van der Waals surface area contributed by atoms with E-state index < -0.39 is 7.75 Å². The fourth-order valence-corrected chi connectivity index (χ4v) is 7.48. The molecule has 0 aliphatic heterocycles. The Balaban J connectivity index is 1.81. The second-order valence-corrected chi connectivity index (χ2v) is 13.0. The Morgan fingerprint density at radius 2 is 1.31 bits per heavy atom. The zero-order chi connectivity index (χ0) is 23.3. The molecule has 0 bridgehead atoms. The Labute approximate surface area is 196 Å². The molecule has 0 radical (unpaired) electrons. The van der Waals surface area contributed by atoms with Gasteiger partial charge >= 0.3 is 7.75 Å². The van der Waals surface area contributed by atoms with Gasteiger partial charge < -0.3 is 0 Å². The normalized spacial score (nSPS) is 33.4. The van der Waals surface area contributed by atoms with E-state index in [0.29, 0.717) is 42.1 Å². The summed E-state index contributed by atoms with van der Waals surface area (Å²) in [5, 5.41) is 3.27. The summed E-state index contributed by atoms with van der Waals surface area (Å²) in [6, 6.07) is 10.1. The molecule has 7 atom stereocenters. The SMILES string of the molecule is CC(C)[C@H]1CC[C@@H](C)C[C@H]1OP(=O)(NCc1ccccc1)O[C@@H]1C[C@H](C)CC[C@H]1C(C)C. The van der Waals surface area contributed by atoms with Gasteiger partial charge in [0.05, 0.1) is 12.2 Å². The van der Waals surface area contributed by atoms with Crippen molar-refractivity contribution in [1.29, 1.82) is 0 Å². The van der Waals surface area contributed by atoms with Crippen LogP contribution in [0.1, 0.15) is 85.6 Å². The lowest BCUT2D eigenvalue weighted by molar-refractivity contribution is -0.00664. The Hall–Kier alpha value is -0.670. The van der Waals surface area contributed by atoms with Crippen LogP contribution >= 0.6 is 7.75 Å². The Morgan fingerprint density at radius 1 is 0.844 bits per heavy atom. The van der Waals surface area contributed by atoms with Gasteiger partial charge in [0.15, 0.2) is 0 Å². The van der Waals surface area contributed by atoms with Gasteiger partial charge in [0, 0.05) is 6.54 Å². The molecule has 1 aromatic carbocycles. The fraction of sp³-hybridized carbons (Fsp3) is 0.778. The van der Waals surface area contributed by atoms with Crippen molar-refractivity contribution in [3.05, 3.63) is 35.9 Å². The van der Waals surface area contributed by atoms with Gasteiger partial charge in [-0.25, -0.2) is 9.65 Å². The molecular weight excluding hydrogens is 417 g/mol. The van der Waals surface area contributed by atoms with Gasteiger partial charge in [-0.05, 0) is 66.8 Å². The highest BCUT2D eigenvalue weighted by molar-refractivity contribution is 7.51. The van der Waals surface area contributed by atoms with Crippen molar-refractivity contribution < 1.29 is 13.6 Å². The summed E-state index contributed by atoms with van der Waals surface area (Å²) in [6.45, 7) is 14.1. The summed E-state index contributed by atoms with van der Waals surface area (Å²) >= 11 is 0. The first-order valence-electron chi connectivity index (χ1n) is 12.9. The summed E-state index contributed by atoms with van der Waals surface area (Å²) in [4.78, 5) is 0. The zero-order valence-corrected chi connectivity index (χ0v) is 22.0. The molecule has 1 unspecified atom stereocenters. The van der Waals surface area contributed by atoms with Crippen molar-refractivity contribution in [2.75, 3.05) is 0 Å². The Bertz CT molecular complexity index is 700. The number of nitrogens with one attached hydrogen (secondary N) is 1. The van der Waals surface area contributed by atoms with Crippen molar-refractivity contribution in [3.63, 3.8) is 0 Å². The maximum Gasteiger partial charge on any atom is 0.406 e. The lowest BCUT2D eigenvalue weighted by Crippen LogP contribution is -2.38. The summed E-state index contributed by atoms with van der Waals surface area (Å²) in [6.07, 6.45) is 6.59. The summed E-state index contributed by atoms with van der Waals surface area (Å²) < 4.78 is 27.4. The molecule has 2 fully saturated rings. The van der Waals surface area contributed by atoms with E-state index in [1.165, 1.54) is 12.8 Å². The predicted molar refractivity (Wildman–Crippen MR) is 133 cm³/mol. The fourth-order valence-electron chi connectivity index (χ4n) is 5.71. The molecule has 3 rings (SSSR count). The topological polar surface area (TPSA) is 47.6 Å². The van der Waals surface area contributed by atoms with Crippen molar-refractivity contribution in [2.24, 2.45) is 35.5 Å². The van der Waals surface area contributed by atoms with Gasteiger partial charge in [0.2, 0.25) is 0 Å². The van der Waals surface area contributed by atoms with Gasteiger partial charge in [-0.1, -0.05) is 84.7 Å². The second kappa shape index (κ2) is 11.6. The maximum atomic E-state index is 14.3. The molecule has 0 saturated heterocycles. The molecular formula is C27H46NO3P.